The molecule has 16 heteroatoms. The van der Waals surface area contributed by atoms with Crippen LogP contribution in [0.2, 0.25) is 0 Å². The Labute approximate surface area is 605 Å². The van der Waals surface area contributed by atoms with E-state index in [1.165, 1.54) is 104 Å². The molecular formula is C86H105N15O. The molecule has 530 valence electrons. The van der Waals surface area contributed by atoms with Crippen LogP contribution in [0.1, 0.15) is 151 Å². The predicted octanol–water partition coefficient (Wildman–Crippen LogP) is 20.6. The van der Waals surface area contributed by atoms with Gasteiger partial charge in [-0.25, -0.2) is 19.9 Å². The van der Waals surface area contributed by atoms with E-state index in [0.717, 1.165) is 84.2 Å². The number of rotatable bonds is 0. The third kappa shape index (κ3) is 27.6. The molecule has 12 heterocycles. The number of aromatic nitrogens is 15. The van der Waals surface area contributed by atoms with Gasteiger partial charge in [0.25, 0.3) is 5.71 Å². The molecule has 0 saturated carbocycles. The standard InChI is InChI=1S/C11H15N.C11H11N.C10H10N2.C8H9N3.C8H8N2O.4C7H9N.C6H8N2.C4H8/c2*1-8-7-10-5-3-4-6-11(10)12-9(8)2;1-7-8(2)12-10-6-4-3-5-9(10)11-7;2*1-5-3-7-4-9-11-8(7)10-6(5)2;2*1-6-3-4-8-5-7(6)2;2*1-6-4-3-5-8-7(6)2;1-5-6(2)8-4-3-7-5;1-3-4-2/h7H,3-6H2,1-2H3;3-7H,1-2H3;3-6H,1-2H3;3-4H,1-2H3,(H,9,10,11);3-4H,1-2H3;4*3-5H,1-2H3;3-4H,1-2H3;3-4H,1-2H3/b;;;;;;;;;;4-3-. The van der Waals surface area contributed by atoms with Gasteiger partial charge in [0.1, 0.15) is 0 Å². The summed E-state index contributed by atoms with van der Waals surface area (Å²) in [7, 11) is 0. The number of hydrogen-bond donors (Lipinski definition) is 1. The van der Waals surface area contributed by atoms with Crippen LogP contribution in [0.15, 0.2) is 188 Å². The van der Waals surface area contributed by atoms with Gasteiger partial charge in [0.15, 0.2) is 5.65 Å². The van der Waals surface area contributed by atoms with Crippen molar-refractivity contribution in [3.05, 3.63) is 307 Å². The molecule has 0 amide bonds. The summed E-state index contributed by atoms with van der Waals surface area (Å²) in [6.07, 6.45) is 26.9. The lowest BCUT2D eigenvalue weighted by atomic mass is 9.94. The zero-order valence-corrected chi connectivity index (χ0v) is 64.3. The number of aryl methyl sites for hydroxylation is 22. The number of allylic oxidation sites excluding steroid dienone is 2. The van der Waals surface area contributed by atoms with Crippen molar-refractivity contribution >= 4 is 44.1 Å². The highest BCUT2D eigenvalue weighted by molar-refractivity contribution is 5.79. The third-order valence-electron chi connectivity index (χ3n) is 17.2. The van der Waals surface area contributed by atoms with E-state index >= 15 is 0 Å². The van der Waals surface area contributed by atoms with Crippen molar-refractivity contribution in [2.24, 2.45) is 0 Å². The number of H-pyrrole nitrogens is 1. The maximum Gasteiger partial charge on any atom is 0.257 e. The maximum absolute atomic E-state index is 4.89. The minimum Gasteiger partial charge on any atom is -0.336 e. The van der Waals surface area contributed by atoms with Crippen LogP contribution < -0.4 is 0 Å². The van der Waals surface area contributed by atoms with Gasteiger partial charge in [-0.15, -0.1) is 0 Å². The first-order chi connectivity index (χ1) is 48.8. The van der Waals surface area contributed by atoms with Crippen LogP contribution >= 0.6 is 0 Å². The Kier molecular flexibility index (Phi) is 34.3. The topological polar surface area (TPSA) is 209 Å². The van der Waals surface area contributed by atoms with Crippen LogP contribution in [0.3, 0.4) is 0 Å². The molecule has 12 aromatic heterocycles. The summed E-state index contributed by atoms with van der Waals surface area (Å²) < 4.78 is 4.89. The Morgan fingerprint density at radius 1 is 0.324 bits per heavy atom. The molecule has 0 bridgehead atoms. The second kappa shape index (κ2) is 42.8. The first-order valence-corrected chi connectivity index (χ1v) is 34.6. The SMILES string of the molecule is C/C=C\C.Cc1cc2c(nc1C)CCCC2.Cc1cc2ccccc2nc1C.Cc1cc2cn[nH]c2nc1C.Cc1cc2cnoc2nc1C.Cc1cccnc1C.Cc1cccnc1C.Cc1ccncc1C.Cc1ccncc1C.Cc1nc2ccccc2nc1C.Cc1nccnc1C. The second-order valence-electron chi connectivity index (χ2n) is 25.1. The molecule has 1 aliphatic carbocycles. The molecule has 0 radical (unpaired) electrons. The summed E-state index contributed by atoms with van der Waals surface area (Å²) in [5.74, 6) is 0. The van der Waals surface area contributed by atoms with Crippen molar-refractivity contribution in [3.8, 4) is 0 Å². The Bertz CT molecular complexity index is 4190. The van der Waals surface area contributed by atoms with E-state index in [1.807, 2.05) is 205 Å². The molecule has 0 unspecified atom stereocenters. The lowest BCUT2D eigenvalue weighted by Crippen LogP contribution is -2.07. The first kappa shape index (κ1) is 81.7. The Balaban J connectivity index is 0.000000204. The lowest BCUT2D eigenvalue weighted by molar-refractivity contribution is 0.448. The van der Waals surface area contributed by atoms with Crippen molar-refractivity contribution in [1.82, 2.24) is 75.2 Å². The second-order valence-corrected chi connectivity index (χ2v) is 25.1. The fourth-order valence-electron chi connectivity index (χ4n) is 9.12. The van der Waals surface area contributed by atoms with E-state index in [4.69, 9.17) is 4.52 Å². The van der Waals surface area contributed by atoms with Crippen LogP contribution in [0.4, 0.5) is 0 Å². The first-order valence-electron chi connectivity index (χ1n) is 34.6. The van der Waals surface area contributed by atoms with Gasteiger partial charge in [-0.1, -0.05) is 65.8 Å². The number of aromatic amines is 1. The predicted molar refractivity (Wildman–Crippen MR) is 422 cm³/mol. The minimum absolute atomic E-state index is 0.619. The molecule has 0 aliphatic heterocycles. The van der Waals surface area contributed by atoms with Gasteiger partial charge in [0.05, 0.1) is 57.1 Å². The number of para-hydroxylation sites is 3. The highest BCUT2D eigenvalue weighted by Gasteiger charge is 2.11. The van der Waals surface area contributed by atoms with Crippen LogP contribution in [0.25, 0.3) is 44.1 Å². The highest BCUT2D eigenvalue weighted by atomic mass is 16.5. The van der Waals surface area contributed by atoms with Gasteiger partial charge in [0, 0.05) is 100 Å². The van der Waals surface area contributed by atoms with Crippen LogP contribution in [-0.2, 0) is 12.8 Å². The van der Waals surface area contributed by atoms with Gasteiger partial charge in [-0.2, -0.15) is 5.10 Å². The van der Waals surface area contributed by atoms with Crippen LogP contribution in [0, 0.1) is 138 Å². The Hall–Kier alpha value is -11.0. The van der Waals surface area contributed by atoms with E-state index < -0.39 is 0 Å². The van der Waals surface area contributed by atoms with Crippen molar-refractivity contribution in [2.45, 2.75) is 178 Å². The third-order valence-corrected chi connectivity index (χ3v) is 17.2. The van der Waals surface area contributed by atoms with E-state index in [0.29, 0.717) is 5.71 Å². The quantitative estimate of drug-likeness (QED) is 0.140. The summed E-state index contributed by atoms with van der Waals surface area (Å²) in [4.78, 5) is 50.5. The fourth-order valence-corrected chi connectivity index (χ4v) is 9.12. The molecule has 0 spiro atoms. The van der Waals surface area contributed by atoms with Crippen molar-refractivity contribution in [1.29, 1.82) is 0 Å². The van der Waals surface area contributed by atoms with Gasteiger partial charge in [-0.05, 0) is 300 Å². The normalized spacial score (nSPS) is 10.6. The van der Waals surface area contributed by atoms with Gasteiger partial charge in [0.2, 0.25) is 0 Å². The highest BCUT2D eigenvalue weighted by Crippen LogP contribution is 2.22. The molecular weight excluding hydrogens is 1260 g/mol. The molecule has 0 atom stereocenters. The summed E-state index contributed by atoms with van der Waals surface area (Å²) >= 11 is 0. The maximum atomic E-state index is 4.89. The Morgan fingerprint density at radius 3 is 1.24 bits per heavy atom. The molecule has 16 nitrogen and oxygen atoms in total. The molecule has 1 N–H and O–H groups in total. The monoisotopic (exact) mass is 1360 g/mol. The minimum atomic E-state index is 0.619. The average molecular weight is 1360 g/mol. The summed E-state index contributed by atoms with van der Waals surface area (Å²) in [6.45, 7) is 44.7. The molecule has 15 rings (SSSR count). The number of pyridine rings is 8. The van der Waals surface area contributed by atoms with Gasteiger partial charge in [-0.3, -0.25) is 45.0 Å². The number of benzene rings is 2. The molecule has 0 fully saturated rings. The molecule has 0 saturated heterocycles. The van der Waals surface area contributed by atoms with Crippen molar-refractivity contribution < 1.29 is 4.52 Å². The van der Waals surface area contributed by atoms with Crippen molar-refractivity contribution in [3.63, 3.8) is 0 Å². The largest absolute Gasteiger partial charge is 0.336 e. The summed E-state index contributed by atoms with van der Waals surface area (Å²) in [6, 6.07) is 36.7. The fraction of sp³-hybridized carbons (Fsp3) is 0.302. The van der Waals surface area contributed by atoms with Crippen molar-refractivity contribution in [2.75, 3.05) is 0 Å². The van der Waals surface area contributed by atoms with Gasteiger partial charge < -0.3 is 4.52 Å². The smallest absolute Gasteiger partial charge is 0.257 e. The molecule has 14 aromatic rings. The van der Waals surface area contributed by atoms with E-state index in [2.05, 4.69) is 181 Å². The Morgan fingerprint density at radius 2 is 0.765 bits per heavy atom. The average Bonchev–Trinajstić information content (AvgIpc) is 1.53. The zero-order valence-electron chi connectivity index (χ0n) is 64.3. The zero-order chi connectivity index (χ0) is 74.7. The number of fused-ring (bicyclic) bond motifs is 5. The summed E-state index contributed by atoms with van der Waals surface area (Å²) in [5.41, 5.74) is 30.6. The molecule has 102 heavy (non-hydrogen) atoms. The van der Waals surface area contributed by atoms with E-state index in [-0.39, 0.29) is 0 Å². The van der Waals surface area contributed by atoms with Crippen LogP contribution in [0.5, 0.6) is 0 Å². The number of hydrogen-bond acceptors (Lipinski definition) is 15. The van der Waals surface area contributed by atoms with E-state index in [1.54, 1.807) is 24.8 Å². The molecule has 2 aromatic carbocycles. The number of nitrogens with one attached hydrogen (secondary N) is 1. The van der Waals surface area contributed by atoms with Crippen LogP contribution in [-0.4, -0.2) is 75.2 Å². The van der Waals surface area contributed by atoms with Gasteiger partial charge >= 0.3 is 0 Å². The lowest BCUT2D eigenvalue weighted by Gasteiger charge is -2.16. The molecule has 1 aliphatic rings. The summed E-state index contributed by atoms with van der Waals surface area (Å²) in [5, 5.41) is 13.6. The number of nitrogens with zero attached hydrogens (tertiary/aromatic N) is 14. The van der Waals surface area contributed by atoms with E-state index in [9.17, 15) is 0 Å².